The molecule has 0 heterocycles. The van der Waals surface area contributed by atoms with Crippen LogP contribution < -0.4 is 74.4 Å². The van der Waals surface area contributed by atoms with E-state index in [1.165, 1.54) is 0 Å². The molecule has 0 N–H and O–H groups in total. The second-order valence-electron chi connectivity index (χ2n) is 0. The first-order chi connectivity index (χ1) is 0. The molecule has 0 aliphatic rings. The van der Waals surface area contributed by atoms with E-state index in [2.05, 4.69) is 0 Å². The van der Waals surface area contributed by atoms with Crippen LogP contribution in [0.3, 0.4) is 0 Å². The monoisotopic (exact) mass is 576 g/mol. The predicted molar refractivity (Wildman–Crippen MR) is 5.75 cm³/mol. The van der Waals surface area contributed by atoms with Gasteiger partial charge in [-0.3, -0.25) is 0 Å². The minimum atomic E-state index is 0. The third-order valence-corrected chi connectivity index (χ3v) is 0. The Kier molecular flexibility index (Phi) is 749. The number of halogens is 6. The van der Waals surface area contributed by atoms with Crippen LogP contribution in [0.15, 0.2) is 0 Å². The van der Waals surface area contributed by atoms with Crippen LogP contribution in [0.2, 0.25) is 0 Å². The van der Waals surface area contributed by atoms with Gasteiger partial charge in [-0.25, -0.2) is 0 Å². The molecule has 0 nitrogen and oxygen atoms in total. The topological polar surface area (TPSA) is 0 Å². The van der Waals surface area contributed by atoms with Gasteiger partial charge in [0.25, 0.3) is 0 Å². The zero-order chi connectivity index (χ0) is 0. The van der Waals surface area contributed by atoms with Crippen molar-refractivity contribution < 1.29 is 129 Å². The maximum absolute atomic E-state index is 0. The summed E-state index contributed by atoms with van der Waals surface area (Å²) in [6.45, 7) is 0. The van der Waals surface area contributed by atoms with E-state index >= 15 is 0 Å². The normalized spacial score (nSPS) is 0. The quantitative estimate of drug-likeness (QED) is 0.252. The van der Waals surface area contributed by atoms with Crippen molar-refractivity contribution in [1.82, 2.24) is 0 Å². The Morgan fingerprint density at radius 3 is 0.333 bits per heavy atom. The van der Waals surface area contributed by atoms with Crippen LogP contribution >= 0.6 is 0 Å². The van der Waals surface area contributed by atoms with E-state index in [1.807, 2.05) is 0 Å². The standard InChI is InChI=1S/Ba.2Cd.6ClH/h;;;6*1H/q3*+2;;;;;;/p-6. The van der Waals surface area contributed by atoms with E-state index in [0.717, 1.165) is 0 Å². The summed E-state index contributed by atoms with van der Waals surface area (Å²) in [6, 6.07) is 0. The van der Waals surface area contributed by atoms with E-state index in [1.54, 1.807) is 0 Å². The Hall–Kier alpha value is 5.16. The maximum Gasteiger partial charge on any atom is 2.00 e. The van der Waals surface area contributed by atoms with E-state index < -0.39 is 0 Å². The van der Waals surface area contributed by atoms with Crippen molar-refractivity contribution in [3.05, 3.63) is 0 Å². The van der Waals surface area contributed by atoms with Crippen LogP contribution in [0.25, 0.3) is 0 Å². The molecule has 0 aliphatic carbocycles. The van der Waals surface area contributed by atoms with Crippen molar-refractivity contribution in [3.8, 4) is 0 Å². The van der Waals surface area contributed by atoms with Gasteiger partial charge in [0, 0.05) is 0 Å². The SMILES string of the molecule is [Ba+2].[Cd+2].[Cd+2].[Cl-].[Cl-].[Cl-].[Cl-].[Cl-].[Cl-]. The molecule has 0 aromatic heterocycles. The molecule has 48 valence electrons. The number of hydrogen-bond acceptors (Lipinski definition) is 0. The molecular weight excluding hydrogens is 575 g/mol. The molecule has 0 saturated heterocycles. The minimum absolute atomic E-state index is 0. The van der Waals surface area contributed by atoms with Crippen molar-refractivity contribution >= 4 is 48.9 Å². The molecule has 9 heteroatoms. The van der Waals surface area contributed by atoms with E-state index in [9.17, 15) is 0 Å². The van der Waals surface area contributed by atoms with Gasteiger partial charge in [-0.1, -0.05) is 0 Å². The second-order valence-corrected chi connectivity index (χ2v) is 0. The van der Waals surface area contributed by atoms with Gasteiger partial charge in [-0.15, -0.1) is 0 Å². The van der Waals surface area contributed by atoms with Crippen LogP contribution in [0.4, 0.5) is 0 Å². The first kappa shape index (κ1) is 92.2. The zero-order valence-corrected chi connectivity index (χ0v) is 21.4. The fraction of sp³-hybridized carbons (Fsp3) is 0. The van der Waals surface area contributed by atoms with Crippen LogP contribution in [0.1, 0.15) is 0 Å². The van der Waals surface area contributed by atoms with Crippen LogP contribution in [-0.4, -0.2) is 48.9 Å². The molecular formula is BaCd2Cl6. The van der Waals surface area contributed by atoms with Crippen LogP contribution in [-0.2, 0) is 54.6 Å². The van der Waals surface area contributed by atoms with E-state index in [-0.39, 0.29) is 178 Å². The molecule has 0 radical (unpaired) electrons. The molecule has 0 saturated carbocycles. The third kappa shape index (κ3) is 61.6. The Morgan fingerprint density at radius 1 is 0.333 bits per heavy atom. The van der Waals surface area contributed by atoms with Gasteiger partial charge in [-0.05, 0) is 0 Å². The zero-order valence-electron chi connectivity index (χ0n) is 4.39. The van der Waals surface area contributed by atoms with Crippen molar-refractivity contribution in [3.63, 3.8) is 0 Å². The fourth-order valence-corrected chi connectivity index (χ4v) is 0. The summed E-state index contributed by atoms with van der Waals surface area (Å²) in [4.78, 5) is 0. The maximum atomic E-state index is 0. The van der Waals surface area contributed by atoms with Crippen molar-refractivity contribution in [2.24, 2.45) is 0 Å². The van der Waals surface area contributed by atoms with E-state index in [4.69, 9.17) is 0 Å². The molecule has 0 bridgehead atoms. The van der Waals surface area contributed by atoms with Gasteiger partial charge in [0.05, 0.1) is 0 Å². The summed E-state index contributed by atoms with van der Waals surface area (Å²) in [6.07, 6.45) is 0. The van der Waals surface area contributed by atoms with E-state index in [0.29, 0.717) is 0 Å². The summed E-state index contributed by atoms with van der Waals surface area (Å²) in [7, 11) is 0. The van der Waals surface area contributed by atoms with Crippen LogP contribution in [0.5, 0.6) is 0 Å². The summed E-state index contributed by atoms with van der Waals surface area (Å²) >= 11 is 0. The number of rotatable bonds is 0. The Labute approximate surface area is 173 Å². The van der Waals surface area contributed by atoms with Crippen molar-refractivity contribution in [1.29, 1.82) is 0 Å². The Balaban J connectivity index is 0. The summed E-state index contributed by atoms with van der Waals surface area (Å²) in [5.41, 5.74) is 0. The van der Waals surface area contributed by atoms with Gasteiger partial charge < -0.3 is 74.4 Å². The molecule has 0 unspecified atom stereocenters. The molecule has 0 atom stereocenters. The molecule has 0 aromatic rings. The van der Waals surface area contributed by atoms with Gasteiger partial charge in [0.1, 0.15) is 0 Å². The summed E-state index contributed by atoms with van der Waals surface area (Å²) in [5.74, 6) is 0. The molecule has 0 aromatic carbocycles. The predicted octanol–water partition coefficient (Wildman–Crippen LogP) is -18.4. The first-order valence-electron chi connectivity index (χ1n) is 0. The largest absolute Gasteiger partial charge is 2.00 e. The van der Waals surface area contributed by atoms with Crippen LogP contribution in [0, 0.1) is 0 Å². The first-order valence-corrected chi connectivity index (χ1v) is 0. The molecule has 0 amide bonds. The second kappa shape index (κ2) is 73.1. The molecule has 9 heavy (non-hydrogen) atoms. The average molecular weight is 575 g/mol. The van der Waals surface area contributed by atoms with Crippen molar-refractivity contribution in [2.45, 2.75) is 0 Å². The summed E-state index contributed by atoms with van der Waals surface area (Å²) in [5, 5.41) is 0. The molecule has 0 aliphatic heterocycles. The number of hydrogen-bond donors (Lipinski definition) is 0. The fourth-order valence-electron chi connectivity index (χ4n) is 0. The van der Waals surface area contributed by atoms with Gasteiger partial charge in [-0.2, -0.15) is 0 Å². The average Bonchev–Trinajstić information content (AvgIpc) is 0. The Morgan fingerprint density at radius 2 is 0.333 bits per heavy atom. The Bertz CT molecular complexity index is 11.0. The smallest absolute Gasteiger partial charge is 1.00 e. The van der Waals surface area contributed by atoms with Crippen molar-refractivity contribution in [2.75, 3.05) is 0 Å². The van der Waals surface area contributed by atoms with Gasteiger partial charge in [0.2, 0.25) is 0 Å². The summed E-state index contributed by atoms with van der Waals surface area (Å²) < 4.78 is 0. The van der Waals surface area contributed by atoms with Gasteiger partial charge >= 0.3 is 103 Å². The third-order valence-electron chi connectivity index (χ3n) is 0. The molecule has 0 fully saturated rings. The molecule has 0 rings (SSSR count). The minimum Gasteiger partial charge on any atom is -1.00 e. The van der Waals surface area contributed by atoms with Gasteiger partial charge in [0.15, 0.2) is 0 Å². The molecule has 0 spiro atoms.